The van der Waals surface area contributed by atoms with Crippen molar-refractivity contribution in [1.82, 2.24) is 5.32 Å². The Labute approximate surface area is 129 Å². The molecule has 0 aromatic heterocycles. The van der Waals surface area contributed by atoms with Crippen LogP contribution in [-0.4, -0.2) is 12.6 Å². The van der Waals surface area contributed by atoms with E-state index >= 15 is 0 Å². The summed E-state index contributed by atoms with van der Waals surface area (Å²) in [5.74, 6) is 0. The largest absolute Gasteiger partial charge is 0.313 e. The molecule has 0 aliphatic heterocycles. The third kappa shape index (κ3) is 3.77. The smallest absolute Gasteiger partial charge is 0.0406 e. The van der Waals surface area contributed by atoms with Gasteiger partial charge in [0.1, 0.15) is 0 Å². The lowest BCUT2D eigenvalue weighted by atomic mass is 9.74. The Bertz CT molecular complexity index is 392. The third-order valence-electron chi connectivity index (χ3n) is 5.04. The van der Waals surface area contributed by atoms with Gasteiger partial charge in [-0.3, -0.25) is 0 Å². The summed E-state index contributed by atoms with van der Waals surface area (Å²) in [5.41, 5.74) is 1.91. The number of hydrogen-bond acceptors (Lipinski definition) is 1. The zero-order valence-electron chi connectivity index (χ0n) is 12.9. The van der Waals surface area contributed by atoms with E-state index in [9.17, 15) is 0 Å². The molecule has 0 radical (unpaired) electrons. The minimum Gasteiger partial charge on any atom is -0.313 e. The molecule has 0 saturated heterocycles. The average Bonchev–Trinajstić information content (AvgIpc) is 2.95. The molecular weight excluding hydrogens is 266 g/mol. The molecule has 1 fully saturated rings. The first-order valence-corrected chi connectivity index (χ1v) is 8.56. The molecule has 0 bridgehead atoms. The van der Waals surface area contributed by atoms with Gasteiger partial charge in [0, 0.05) is 11.1 Å². The molecular formula is C18H28ClN. The lowest BCUT2D eigenvalue weighted by molar-refractivity contribution is 0.184. The van der Waals surface area contributed by atoms with E-state index in [4.69, 9.17) is 11.6 Å². The van der Waals surface area contributed by atoms with Crippen LogP contribution in [0.3, 0.4) is 0 Å². The highest BCUT2D eigenvalue weighted by atomic mass is 35.5. The molecule has 112 valence electrons. The van der Waals surface area contributed by atoms with Crippen LogP contribution in [0.25, 0.3) is 0 Å². The zero-order valence-corrected chi connectivity index (χ0v) is 13.7. The first-order valence-electron chi connectivity index (χ1n) is 8.18. The molecule has 1 nitrogen and oxygen atoms in total. The van der Waals surface area contributed by atoms with Gasteiger partial charge in [0.25, 0.3) is 0 Å². The van der Waals surface area contributed by atoms with Gasteiger partial charge in [-0.25, -0.2) is 0 Å². The summed E-state index contributed by atoms with van der Waals surface area (Å²) in [5, 5.41) is 4.66. The van der Waals surface area contributed by atoms with Gasteiger partial charge in [-0.1, -0.05) is 50.4 Å². The normalized spacial score (nSPS) is 19.1. The Kier molecular flexibility index (Phi) is 5.92. The van der Waals surface area contributed by atoms with Crippen molar-refractivity contribution in [3.63, 3.8) is 0 Å². The first-order chi connectivity index (χ1) is 9.70. The van der Waals surface area contributed by atoms with Gasteiger partial charge in [-0.15, -0.1) is 0 Å². The summed E-state index contributed by atoms with van der Waals surface area (Å²) in [6.45, 7) is 5.74. The molecule has 1 atom stereocenters. The molecule has 1 unspecified atom stereocenters. The van der Waals surface area contributed by atoms with Gasteiger partial charge in [0.15, 0.2) is 0 Å². The quantitative estimate of drug-likeness (QED) is 0.726. The lowest BCUT2D eigenvalue weighted by Crippen LogP contribution is -2.45. The molecule has 1 saturated carbocycles. The third-order valence-corrected chi connectivity index (χ3v) is 5.29. The number of nitrogens with one attached hydrogen (secondary N) is 1. The van der Waals surface area contributed by atoms with Crippen LogP contribution in [0.5, 0.6) is 0 Å². The van der Waals surface area contributed by atoms with E-state index in [-0.39, 0.29) is 0 Å². The fraction of sp³-hybridized carbons (Fsp3) is 0.667. The Balaban J connectivity index is 2.12. The topological polar surface area (TPSA) is 12.0 Å². The molecule has 1 aromatic carbocycles. The van der Waals surface area contributed by atoms with Crippen LogP contribution in [0.4, 0.5) is 0 Å². The Hall–Kier alpha value is -0.530. The number of benzene rings is 1. The van der Waals surface area contributed by atoms with Crippen LogP contribution in [-0.2, 0) is 6.42 Å². The summed E-state index contributed by atoms with van der Waals surface area (Å²) < 4.78 is 0. The highest BCUT2D eigenvalue weighted by Gasteiger charge is 2.39. The van der Waals surface area contributed by atoms with Crippen molar-refractivity contribution in [3.8, 4) is 0 Å². The maximum Gasteiger partial charge on any atom is 0.0406 e. The molecule has 0 heterocycles. The predicted molar refractivity (Wildman–Crippen MR) is 88.4 cm³/mol. The van der Waals surface area contributed by atoms with E-state index in [0.29, 0.717) is 11.5 Å². The Morgan fingerprint density at radius 3 is 2.35 bits per heavy atom. The van der Waals surface area contributed by atoms with Crippen LogP contribution in [0.15, 0.2) is 24.3 Å². The second-order valence-corrected chi connectivity index (χ2v) is 6.70. The summed E-state index contributed by atoms with van der Waals surface area (Å²) >= 11 is 6.00. The highest BCUT2D eigenvalue weighted by Crippen LogP contribution is 2.44. The summed E-state index contributed by atoms with van der Waals surface area (Å²) in [6, 6.07) is 9.00. The van der Waals surface area contributed by atoms with Crippen molar-refractivity contribution in [2.45, 2.75) is 64.8 Å². The number of rotatable bonds is 7. The molecule has 1 N–H and O–H groups in total. The Morgan fingerprint density at radius 2 is 1.80 bits per heavy atom. The lowest BCUT2D eigenvalue weighted by Gasteiger charge is -2.38. The standard InChI is InChI=1S/C18H28ClN/c1-3-13-20-17(18(4-2)11-5-6-12-18)14-15-7-9-16(19)10-8-15/h7-10,17,20H,3-6,11-14H2,1-2H3. The summed E-state index contributed by atoms with van der Waals surface area (Å²) in [6.07, 6.45) is 9.21. The Morgan fingerprint density at radius 1 is 1.15 bits per heavy atom. The maximum absolute atomic E-state index is 6.00. The van der Waals surface area contributed by atoms with Crippen LogP contribution < -0.4 is 5.32 Å². The SMILES string of the molecule is CCCNC(Cc1ccc(Cl)cc1)C1(CC)CCCC1. The van der Waals surface area contributed by atoms with Crippen LogP contribution >= 0.6 is 11.6 Å². The van der Waals surface area contributed by atoms with Crippen molar-refractivity contribution >= 4 is 11.6 Å². The van der Waals surface area contributed by atoms with E-state index in [1.165, 1.54) is 44.1 Å². The van der Waals surface area contributed by atoms with Crippen molar-refractivity contribution in [2.75, 3.05) is 6.54 Å². The zero-order chi connectivity index (χ0) is 14.4. The first kappa shape index (κ1) is 15.9. The maximum atomic E-state index is 6.00. The van der Waals surface area contributed by atoms with Crippen LogP contribution in [0.1, 0.15) is 57.9 Å². The van der Waals surface area contributed by atoms with E-state index in [2.05, 4.69) is 31.3 Å². The summed E-state index contributed by atoms with van der Waals surface area (Å²) in [7, 11) is 0. The fourth-order valence-electron chi connectivity index (χ4n) is 3.71. The van der Waals surface area contributed by atoms with Gasteiger partial charge in [-0.2, -0.15) is 0 Å². The second kappa shape index (κ2) is 7.47. The molecule has 2 rings (SSSR count). The van der Waals surface area contributed by atoms with Crippen LogP contribution in [0.2, 0.25) is 5.02 Å². The van der Waals surface area contributed by atoms with E-state index in [1.807, 2.05) is 12.1 Å². The highest BCUT2D eigenvalue weighted by molar-refractivity contribution is 6.30. The summed E-state index contributed by atoms with van der Waals surface area (Å²) in [4.78, 5) is 0. The van der Waals surface area contributed by atoms with Gasteiger partial charge in [-0.05, 0) is 61.8 Å². The van der Waals surface area contributed by atoms with Crippen LogP contribution in [0, 0.1) is 5.41 Å². The molecule has 0 spiro atoms. The molecule has 2 heteroatoms. The van der Waals surface area contributed by atoms with E-state index in [1.54, 1.807) is 0 Å². The number of halogens is 1. The fourth-order valence-corrected chi connectivity index (χ4v) is 3.83. The number of hydrogen-bond donors (Lipinski definition) is 1. The van der Waals surface area contributed by atoms with Crippen molar-refractivity contribution in [2.24, 2.45) is 5.41 Å². The second-order valence-electron chi connectivity index (χ2n) is 6.26. The molecule has 1 aliphatic carbocycles. The molecule has 0 amide bonds. The average molecular weight is 294 g/mol. The van der Waals surface area contributed by atoms with Gasteiger partial charge < -0.3 is 5.32 Å². The van der Waals surface area contributed by atoms with Crippen molar-refractivity contribution in [1.29, 1.82) is 0 Å². The van der Waals surface area contributed by atoms with Crippen molar-refractivity contribution < 1.29 is 0 Å². The predicted octanol–water partition coefficient (Wildman–Crippen LogP) is 5.22. The monoisotopic (exact) mass is 293 g/mol. The van der Waals surface area contributed by atoms with Gasteiger partial charge in [0.2, 0.25) is 0 Å². The van der Waals surface area contributed by atoms with E-state index in [0.717, 1.165) is 18.0 Å². The van der Waals surface area contributed by atoms with Gasteiger partial charge in [0.05, 0.1) is 0 Å². The van der Waals surface area contributed by atoms with Gasteiger partial charge >= 0.3 is 0 Å². The molecule has 1 aromatic rings. The molecule has 1 aliphatic rings. The van der Waals surface area contributed by atoms with Crippen molar-refractivity contribution in [3.05, 3.63) is 34.9 Å². The minimum absolute atomic E-state index is 0.509. The molecule has 20 heavy (non-hydrogen) atoms. The van der Waals surface area contributed by atoms with E-state index < -0.39 is 0 Å². The minimum atomic E-state index is 0.509.